The summed E-state index contributed by atoms with van der Waals surface area (Å²) in [4.78, 5) is 17.1. The molecular weight excluding hydrogens is 274 g/mol. The molecular formula is C14H17N3O2S. The molecule has 0 bridgehead atoms. The van der Waals surface area contributed by atoms with Gasteiger partial charge in [-0.1, -0.05) is 26.0 Å². The lowest BCUT2D eigenvalue weighted by atomic mass is 10.2. The Morgan fingerprint density at radius 2 is 2.20 bits per heavy atom. The molecule has 20 heavy (non-hydrogen) atoms. The Kier molecular flexibility index (Phi) is 4.70. The third-order valence-corrected chi connectivity index (χ3v) is 3.89. The summed E-state index contributed by atoms with van der Waals surface area (Å²) in [6, 6.07) is 6.71. The molecule has 0 spiro atoms. The van der Waals surface area contributed by atoms with Crippen molar-refractivity contribution in [1.29, 1.82) is 0 Å². The van der Waals surface area contributed by atoms with Crippen LogP contribution in [0.25, 0.3) is 0 Å². The topological polar surface area (TPSA) is 74.2 Å². The SMILES string of the molecule is CC(C)c1cnc(NC(=O)Nc2cccc(CO)c2)s1. The van der Waals surface area contributed by atoms with Crippen LogP contribution in [0, 0.1) is 0 Å². The fourth-order valence-corrected chi connectivity index (χ4v) is 2.43. The van der Waals surface area contributed by atoms with Crippen LogP contribution in [0.1, 0.15) is 30.2 Å². The van der Waals surface area contributed by atoms with E-state index in [4.69, 9.17) is 5.11 Å². The number of benzene rings is 1. The highest BCUT2D eigenvalue weighted by atomic mass is 32.1. The Labute approximate surface area is 121 Å². The van der Waals surface area contributed by atoms with E-state index in [2.05, 4.69) is 29.5 Å². The zero-order valence-electron chi connectivity index (χ0n) is 11.4. The second kappa shape index (κ2) is 6.49. The first-order valence-corrected chi connectivity index (χ1v) is 7.13. The van der Waals surface area contributed by atoms with Crippen molar-refractivity contribution in [2.75, 3.05) is 10.6 Å². The number of hydrogen-bond donors (Lipinski definition) is 3. The van der Waals surface area contributed by atoms with E-state index in [1.807, 2.05) is 0 Å². The van der Waals surface area contributed by atoms with Crippen LogP contribution in [-0.2, 0) is 6.61 Å². The molecule has 3 N–H and O–H groups in total. The third kappa shape index (κ3) is 3.79. The number of aliphatic hydroxyl groups excluding tert-OH is 1. The zero-order valence-corrected chi connectivity index (χ0v) is 12.2. The first-order chi connectivity index (χ1) is 9.58. The van der Waals surface area contributed by atoms with Crippen LogP contribution in [0.5, 0.6) is 0 Å². The van der Waals surface area contributed by atoms with Crippen molar-refractivity contribution in [3.8, 4) is 0 Å². The van der Waals surface area contributed by atoms with Gasteiger partial charge in [0.1, 0.15) is 0 Å². The summed E-state index contributed by atoms with van der Waals surface area (Å²) in [6.07, 6.45) is 1.78. The number of rotatable bonds is 4. The molecule has 1 heterocycles. The molecule has 2 aromatic rings. The Morgan fingerprint density at radius 3 is 2.85 bits per heavy atom. The molecule has 0 unspecified atom stereocenters. The lowest BCUT2D eigenvalue weighted by molar-refractivity contribution is 0.262. The smallest absolute Gasteiger partial charge is 0.325 e. The minimum atomic E-state index is -0.343. The number of thiazole rings is 1. The quantitative estimate of drug-likeness (QED) is 0.808. The maximum atomic E-state index is 11.8. The van der Waals surface area contributed by atoms with Crippen molar-refractivity contribution in [2.24, 2.45) is 0 Å². The van der Waals surface area contributed by atoms with E-state index < -0.39 is 0 Å². The number of urea groups is 1. The predicted molar refractivity (Wildman–Crippen MR) is 81.2 cm³/mol. The van der Waals surface area contributed by atoms with E-state index >= 15 is 0 Å². The van der Waals surface area contributed by atoms with Crippen LogP contribution >= 0.6 is 11.3 Å². The fourth-order valence-electron chi connectivity index (χ4n) is 1.62. The van der Waals surface area contributed by atoms with Crippen molar-refractivity contribution in [3.05, 3.63) is 40.9 Å². The summed E-state index contributed by atoms with van der Waals surface area (Å²) in [5.41, 5.74) is 1.38. The van der Waals surface area contributed by atoms with Crippen molar-refractivity contribution >= 4 is 28.2 Å². The molecule has 2 rings (SSSR count). The number of aliphatic hydroxyl groups is 1. The minimum Gasteiger partial charge on any atom is -0.392 e. The Hall–Kier alpha value is -1.92. The number of nitrogens with zero attached hydrogens (tertiary/aromatic N) is 1. The van der Waals surface area contributed by atoms with Gasteiger partial charge in [-0.25, -0.2) is 9.78 Å². The molecule has 0 saturated heterocycles. The van der Waals surface area contributed by atoms with E-state index in [1.165, 1.54) is 11.3 Å². The molecule has 0 fully saturated rings. The summed E-state index contributed by atoms with van der Waals surface area (Å²) in [7, 11) is 0. The highest BCUT2D eigenvalue weighted by Crippen LogP contribution is 2.25. The lowest BCUT2D eigenvalue weighted by Crippen LogP contribution is -2.19. The highest BCUT2D eigenvalue weighted by molar-refractivity contribution is 7.15. The van der Waals surface area contributed by atoms with Gasteiger partial charge in [-0.05, 0) is 23.6 Å². The molecule has 5 nitrogen and oxygen atoms in total. The van der Waals surface area contributed by atoms with Gasteiger partial charge >= 0.3 is 6.03 Å². The molecule has 0 aliphatic rings. The Balaban J connectivity index is 1.97. The summed E-state index contributed by atoms with van der Waals surface area (Å²) in [5, 5.41) is 15.0. The van der Waals surface area contributed by atoms with Crippen LogP contribution < -0.4 is 10.6 Å². The van der Waals surface area contributed by atoms with E-state index in [0.29, 0.717) is 16.7 Å². The predicted octanol–water partition coefficient (Wildman–Crippen LogP) is 3.40. The normalized spacial score (nSPS) is 10.6. The van der Waals surface area contributed by atoms with Crippen molar-refractivity contribution in [2.45, 2.75) is 26.4 Å². The van der Waals surface area contributed by atoms with Gasteiger partial charge in [0.05, 0.1) is 6.61 Å². The molecule has 1 aromatic carbocycles. The molecule has 0 aliphatic carbocycles. The molecule has 2 amide bonds. The molecule has 0 radical (unpaired) electrons. The van der Waals surface area contributed by atoms with Gasteiger partial charge in [0, 0.05) is 16.8 Å². The third-order valence-electron chi connectivity index (χ3n) is 2.68. The van der Waals surface area contributed by atoms with E-state index in [9.17, 15) is 4.79 Å². The number of amides is 2. The lowest BCUT2D eigenvalue weighted by Gasteiger charge is -2.06. The van der Waals surface area contributed by atoms with Crippen LogP contribution in [0.2, 0.25) is 0 Å². The standard InChI is InChI=1S/C14H17N3O2S/c1-9(2)12-7-15-14(20-12)17-13(19)16-11-5-3-4-10(6-11)8-18/h3-7,9,18H,8H2,1-2H3,(H2,15,16,17,19). The summed E-state index contributed by atoms with van der Waals surface area (Å²) in [5.74, 6) is 0.396. The molecule has 0 aliphatic heterocycles. The Morgan fingerprint density at radius 1 is 1.40 bits per heavy atom. The van der Waals surface area contributed by atoms with Crippen molar-refractivity contribution in [1.82, 2.24) is 4.98 Å². The largest absolute Gasteiger partial charge is 0.392 e. The first kappa shape index (κ1) is 14.5. The van der Waals surface area contributed by atoms with Gasteiger partial charge in [0.15, 0.2) is 5.13 Å². The maximum Gasteiger partial charge on any atom is 0.325 e. The van der Waals surface area contributed by atoms with E-state index in [0.717, 1.165) is 10.4 Å². The maximum absolute atomic E-state index is 11.8. The average Bonchev–Trinajstić information content (AvgIpc) is 2.87. The van der Waals surface area contributed by atoms with Gasteiger partial charge in [0.2, 0.25) is 0 Å². The van der Waals surface area contributed by atoms with Crippen molar-refractivity contribution in [3.63, 3.8) is 0 Å². The van der Waals surface area contributed by atoms with E-state index in [-0.39, 0.29) is 12.6 Å². The van der Waals surface area contributed by atoms with E-state index in [1.54, 1.807) is 30.5 Å². The number of carbonyl (C=O) groups excluding carboxylic acids is 1. The number of anilines is 2. The van der Waals surface area contributed by atoms with Gasteiger partial charge in [-0.15, -0.1) is 11.3 Å². The van der Waals surface area contributed by atoms with Crippen LogP contribution in [0.3, 0.4) is 0 Å². The second-order valence-electron chi connectivity index (χ2n) is 4.66. The van der Waals surface area contributed by atoms with Gasteiger partial charge < -0.3 is 10.4 Å². The number of aromatic nitrogens is 1. The summed E-state index contributed by atoms with van der Waals surface area (Å²) < 4.78 is 0. The van der Waals surface area contributed by atoms with Gasteiger partial charge in [-0.2, -0.15) is 0 Å². The molecule has 0 atom stereocenters. The second-order valence-corrected chi connectivity index (χ2v) is 5.72. The average molecular weight is 291 g/mol. The molecule has 6 heteroatoms. The summed E-state index contributed by atoms with van der Waals surface area (Å²) in [6.45, 7) is 4.11. The Bertz CT molecular complexity index is 596. The summed E-state index contributed by atoms with van der Waals surface area (Å²) >= 11 is 1.46. The van der Waals surface area contributed by atoms with Crippen molar-refractivity contribution < 1.29 is 9.90 Å². The fraction of sp³-hybridized carbons (Fsp3) is 0.286. The van der Waals surface area contributed by atoms with Gasteiger partial charge in [0.25, 0.3) is 0 Å². The van der Waals surface area contributed by atoms with Gasteiger partial charge in [-0.3, -0.25) is 5.32 Å². The molecule has 1 aromatic heterocycles. The van der Waals surface area contributed by atoms with Crippen LogP contribution in [0.15, 0.2) is 30.5 Å². The molecule has 0 saturated carbocycles. The molecule has 106 valence electrons. The monoisotopic (exact) mass is 291 g/mol. The number of carbonyl (C=O) groups is 1. The van der Waals surface area contributed by atoms with Crippen LogP contribution in [0.4, 0.5) is 15.6 Å². The zero-order chi connectivity index (χ0) is 14.5. The van der Waals surface area contributed by atoms with Crippen LogP contribution in [-0.4, -0.2) is 16.1 Å². The number of nitrogens with one attached hydrogen (secondary N) is 2. The minimum absolute atomic E-state index is 0.0542. The number of hydrogen-bond acceptors (Lipinski definition) is 4. The first-order valence-electron chi connectivity index (χ1n) is 6.32. The highest BCUT2D eigenvalue weighted by Gasteiger charge is 2.08.